The van der Waals surface area contributed by atoms with E-state index in [4.69, 9.17) is 4.74 Å². The van der Waals surface area contributed by atoms with Crippen LogP contribution in [-0.2, 0) is 0 Å². The SMILES string of the molecule is COc1cccc(NC(=O)N2CCCC2c2nnc(C(=O)Nc3ccc(F)cc3)s2)c1. The Balaban J connectivity index is 1.43. The van der Waals surface area contributed by atoms with Crippen molar-refractivity contribution >= 4 is 34.6 Å². The van der Waals surface area contributed by atoms with Gasteiger partial charge in [-0.3, -0.25) is 4.79 Å². The van der Waals surface area contributed by atoms with Crippen molar-refractivity contribution in [2.75, 3.05) is 24.3 Å². The number of likely N-dealkylation sites (tertiary alicyclic amines) is 1. The van der Waals surface area contributed by atoms with Gasteiger partial charge in [-0.15, -0.1) is 10.2 Å². The van der Waals surface area contributed by atoms with E-state index in [0.29, 0.717) is 28.7 Å². The Morgan fingerprint density at radius 1 is 1.13 bits per heavy atom. The highest BCUT2D eigenvalue weighted by molar-refractivity contribution is 7.13. The summed E-state index contributed by atoms with van der Waals surface area (Å²) in [7, 11) is 1.57. The van der Waals surface area contributed by atoms with E-state index in [1.807, 2.05) is 0 Å². The fourth-order valence-electron chi connectivity index (χ4n) is 3.34. The second-order valence-corrected chi connectivity index (χ2v) is 7.93. The molecule has 2 aromatic carbocycles. The van der Waals surface area contributed by atoms with Crippen molar-refractivity contribution in [2.45, 2.75) is 18.9 Å². The fourth-order valence-corrected chi connectivity index (χ4v) is 4.23. The zero-order valence-corrected chi connectivity index (χ0v) is 17.5. The monoisotopic (exact) mass is 441 g/mol. The fraction of sp³-hybridized carbons (Fsp3) is 0.238. The molecule has 1 fully saturated rings. The van der Waals surface area contributed by atoms with Crippen LogP contribution in [0.3, 0.4) is 0 Å². The molecule has 1 aliphatic rings. The summed E-state index contributed by atoms with van der Waals surface area (Å²) in [6.45, 7) is 0.581. The van der Waals surface area contributed by atoms with Crippen molar-refractivity contribution < 1.29 is 18.7 Å². The van der Waals surface area contributed by atoms with Crippen molar-refractivity contribution in [2.24, 2.45) is 0 Å². The van der Waals surface area contributed by atoms with Gasteiger partial charge >= 0.3 is 6.03 Å². The normalized spacial score (nSPS) is 15.5. The van der Waals surface area contributed by atoms with Gasteiger partial charge in [0.15, 0.2) is 0 Å². The number of anilines is 2. The maximum atomic E-state index is 13.0. The average Bonchev–Trinajstić information content (AvgIpc) is 3.45. The van der Waals surface area contributed by atoms with Crippen LogP contribution in [0.2, 0.25) is 0 Å². The first-order chi connectivity index (χ1) is 15.0. The van der Waals surface area contributed by atoms with Gasteiger partial charge in [-0.2, -0.15) is 0 Å². The largest absolute Gasteiger partial charge is 0.497 e. The van der Waals surface area contributed by atoms with E-state index < -0.39 is 5.91 Å². The van der Waals surface area contributed by atoms with E-state index in [9.17, 15) is 14.0 Å². The standard InChI is InChI=1S/C21H20FN5O3S/c1-30-16-5-2-4-15(12-16)24-21(29)27-11-3-6-17(27)19-25-26-20(31-19)18(28)23-14-9-7-13(22)8-10-14/h2,4-5,7-10,12,17H,3,6,11H2,1H3,(H,23,28)(H,24,29). The lowest BCUT2D eigenvalue weighted by Gasteiger charge is -2.23. The van der Waals surface area contributed by atoms with E-state index in [0.717, 1.165) is 24.2 Å². The van der Waals surface area contributed by atoms with Crippen LogP contribution >= 0.6 is 11.3 Å². The second-order valence-electron chi connectivity index (χ2n) is 6.92. The summed E-state index contributed by atoms with van der Waals surface area (Å²) in [5.74, 6) is -0.165. The Morgan fingerprint density at radius 3 is 2.71 bits per heavy atom. The number of amides is 3. The number of benzene rings is 2. The van der Waals surface area contributed by atoms with Crippen molar-refractivity contribution in [3.63, 3.8) is 0 Å². The quantitative estimate of drug-likeness (QED) is 0.615. The summed E-state index contributed by atoms with van der Waals surface area (Å²) in [6.07, 6.45) is 1.56. The van der Waals surface area contributed by atoms with E-state index in [1.165, 1.54) is 24.3 Å². The van der Waals surface area contributed by atoms with Gasteiger partial charge in [0.05, 0.1) is 13.2 Å². The first-order valence-electron chi connectivity index (χ1n) is 9.65. The number of halogens is 1. The van der Waals surface area contributed by atoms with Crippen LogP contribution in [-0.4, -0.2) is 40.7 Å². The molecule has 2 heterocycles. The van der Waals surface area contributed by atoms with E-state index in [1.54, 1.807) is 36.3 Å². The number of methoxy groups -OCH3 is 1. The predicted octanol–water partition coefficient (Wildman–Crippen LogP) is 4.31. The molecule has 8 nitrogen and oxygen atoms in total. The Hall–Kier alpha value is -3.53. The molecule has 10 heteroatoms. The van der Waals surface area contributed by atoms with Crippen LogP contribution in [0.25, 0.3) is 0 Å². The summed E-state index contributed by atoms with van der Waals surface area (Å²) >= 11 is 1.14. The number of nitrogens with one attached hydrogen (secondary N) is 2. The van der Waals surface area contributed by atoms with Gasteiger partial charge in [0.2, 0.25) is 5.01 Å². The van der Waals surface area contributed by atoms with Crippen LogP contribution < -0.4 is 15.4 Å². The van der Waals surface area contributed by atoms with Crippen LogP contribution in [0.5, 0.6) is 5.75 Å². The Bertz CT molecular complexity index is 1090. The molecule has 3 amide bonds. The molecule has 0 aliphatic carbocycles. The third-order valence-corrected chi connectivity index (χ3v) is 5.88. The molecule has 160 valence electrons. The molecule has 0 saturated carbocycles. The minimum absolute atomic E-state index is 0.180. The van der Waals surface area contributed by atoms with Gasteiger partial charge in [0, 0.05) is 24.0 Å². The van der Waals surface area contributed by atoms with Gasteiger partial charge < -0.3 is 20.3 Å². The summed E-state index contributed by atoms with van der Waals surface area (Å²) in [5.41, 5.74) is 1.09. The third kappa shape index (κ3) is 4.80. The lowest BCUT2D eigenvalue weighted by Crippen LogP contribution is -2.34. The predicted molar refractivity (Wildman–Crippen MR) is 115 cm³/mol. The van der Waals surface area contributed by atoms with Gasteiger partial charge in [-0.25, -0.2) is 9.18 Å². The summed E-state index contributed by atoms with van der Waals surface area (Å²) < 4.78 is 18.2. The zero-order chi connectivity index (χ0) is 21.8. The maximum absolute atomic E-state index is 13.0. The van der Waals surface area contributed by atoms with Crippen molar-refractivity contribution in [1.29, 1.82) is 0 Å². The molecule has 0 radical (unpaired) electrons. The molecule has 1 aliphatic heterocycles. The van der Waals surface area contributed by atoms with Crippen molar-refractivity contribution in [3.05, 3.63) is 64.4 Å². The van der Waals surface area contributed by atoms with Crippen LogP contribution in [0, 0.1) is 5.82 Å². The molecule has 1 saturated heterocycles. The lowest BCUT2D eigenvalue weighted by atomic mass is 10.2. The number of ether oxygens (including phenoxy) is 1. The highest BCUT2D eigenvalue weighted by Gasteiger charge is 2.33. The number of nitrogens with zero attached hydrogens (tertiary/aromatic N) is 3. The molecule has 1 aromatic heterocycles. The second kappa shape index (κ2) is 9.09. The van der Waals surface area contributed by atoms with E-state index in [-0.39, 0.29) is 22.9 Å². The number of aromatic nitrogens is 2. The van der Waals surface area contributed by atoms with Gasteiger partial charge in [0.1, 0.15) is 16.6 Å². The average molecular weight is 441 g/mol. The summed E-state index contributed by atoms with van der Waals surface area (Å²) in [6, 6.07) is 12.1. The van der Waals surface area contributed by atoms with Gasteiger partial charge in [-0.1, -0.05) is 17.4 Å². The lowest BCUT2D eigenvalue weighted by molar-refractivity contribution is 0.102. The van der Waals surface area contributed by atoms with E-state index in [2.05, 4.69) is 20.8 Å². The Labute approximate surface area is 182 Å². The van der Waals surface area contributed by atoms with E-state index >= 15 is 0 Å². The van der Waals surface area contributed by atoms with Gasteiger partial charge in [-0.05, 0) is 49.2 Å². The molecule has 4 rings (SSSR count). The topological polar surface area (TPSA) is 96.4 Å². The molecule has 1 atom stereocenters. The van der Waals surface area contributed by atoms with Crippen LogP contribution in [0.15, 0.2) is 48.5 Å². The summed E-state index contributed by atoms with van der Waals surface area (Å²) in [4.78, 5) is 27.0. The third-order valence-electron chi connectivity index (χ3n) is 4.86. The minimum atomic E-state index is -0.430. The highest BCUT2D eigenvalue weighted by atomic mass is 32.1. The van der Waals surface area contributed by atoms with Crippen molar-refractivity contribution in [3.8, 4) is 5.75 Å². The molecule has 0 spiro atoms. The molecular weight excluding hydrogens is 421 g/mol. The Kier molecular flexibility index (Phi) is 6.08. The first kappa shape index (κ1) is 20.7. The van der Waals surface area contributed by atoms with Gasteiger partial charge in [0.25, 0.3) is 5.91 Å². The Morgan fingerprint density at radius 2 is 1.94 bits per heavy atom. The van der Waals surface area contributed by atoms with Crippen molar-refractivity contribution in [1.82, 2.24) is 15.1 Å². The number of hydrogen-bond acceptors (Lipinski definition) is 6. The molecule has 3 aromatic rings. The number of rotatable bonds is 5. The first-order valence-corrected chi connectivity index (χ1v) is 10.5. The molecule has 1 unspecified atom stereocenters. The van der Waals surface area contributed by atoms with Crippen LogP contribution in [0.4, 0.5) is 20.6 Å². The smallest absolute Gasteiger partial charge is 0.322 e. The summed E-state index contributed by atoms with van der Waals surface area (Å²) in [5, 5.41) is 14.5. The zero-order valence-electron chi connectivity index (χ0n) is 16.7. The number of hydrogen-bond donors (Lipinski definition) is 2. The molecule has 31 heavy (non-hydrogen) atoms. The number of carbonyl (C=O) groups is 2. The van der Waals surface area contributed by atoms with Crippen LogP contribution in [0.1, 0.15) is 33.7 Å². The molecule has 2 N–H and O–H groups in total. The maximum Gasteiger partial charge on any atom is 0.322 e. The molecular formula is C21H20FN5O3S. The molecule has 0 bridgehead atoms. The number of carbonyl (C=O) groups excluding carboxylic acids is 2. The number of urea groups is 1. The highest BCUT2D eigenvalue weighted by Crippen LogP contribution is 2.34. The minimum Gasteiger partial charge on any atom is -0.497 e.